The number of hydrogen-bond donors (Lipinski definition) is 1. The summed E-state index contributed by atoms with van der Waals surface area (Å²) in [6.07, 6.45) is 0.169. The van der Waals surface area contributed by atoms with Crippen molar-refractivity contribution < 1.29 is 14.2 Å². The molecule has 19 heavy (non-hydrogen) atoms. The fourth-order valence-electron chi connectivity index (χ4n) is 2.61. The minimum atomic E-state index is -0.694. The van der Waals surface area contributed by atoms with Crippen molar-refractivity contribution in [2.75, 3.05) is 26.2 Å². The third-order valence-electron chi connectivity index (χ3n) is 3.62. The molecule has 1 N–H and O–H groups in total. The van der Waals surface area contributed by atoms with Crippen LogP contribution in [-0.4, -0.2) is 42.4 Å². The molecule has 1 aliphatic rings. The molecule has 106 valence electrons. The van der Waals surface area contributed by atoms with E-state index in [1.54, 1.807) is 6.07 Å². The Hall–Kier alpha value is -0.970. The van der Waals surface area contributed by atoms with E-state index in [9.17, 15) is 9.50 Å². The molecule has 0 amide bonds. The smallest absolute Gasteiger partial charge is 0.123 e. The molecule has 0 aromatic heterocycles. The van der Waals surface area contributed by atoms with E-state index in [2.05, 4.69) is 11.8 Å². The van der Waals surface area contributed by atoms with Crippen molar-refractivity contribution >= 4 is 0 Å². The van der Waals surface area contributed by atoms with Gasteiger partial charge in [-0.1, -0.05) is 13.0 Å². The predicted molar refractivity (Wildman–Crippen MR) is 72.6 cm³/mol. The Bertz CT molecular complexity index is 423. The molecule has 1 aliphatic heterocycles. The van der Waals surface area contributed by atoms with Gasteiger partial charge in [0.2, 0.25) is 0 Å². The molecular formula is C15H22FNO2. The summed E-state index contributed by atoms with van der Waals surface area (Å²) in [6.45, 7) is 7.27. The van der Waals surface area contributed by atoms with Gasteiger partial charge < -0.3 is 9.84 Å². The van der Waals surface area contributed by atoms with Crippen LogP contribution in [0, 0.1) is 12.7 Å². The molecule has 2 rings (SSSR count). The molecule has 1 saturated heterocycles. The van der Waals surface area contributed by atoms with E-state index in [1.807, 2.05) is 6.92 Å². The molecule has 1 aromatic rings. The standard InChI is InChI=1S/C15H22FNO2/c1-3-6-17-7-8-19-14(10-17)15(18)13-5-4-12(16)9-11(13)2/h4-5,9,14-15,18H,3,6-8,10H2,1-2H3. The first-order valence-electron chi connectivity index (χ1n) is 6.90. The fourth-order valence-corrected chi connectivity index (χ4v) is 2.61. The highest BCUT2D eigenvalue weighted by molar-refractivity contribution is 5.29. The molecule has 0 saturated carbocycles. The second-order valence-corrected chi connectivity index (χ2v) is 5.16. The van der Waals surface area contributed by atoms with Gasteiger partial charge in [-0.3, -0.25) is 4.90 Å². The number of hydrogen-bond acceptors (Lipinski definition) is 3. The Kier molecular flexibility index (Phi) is 4.91. The number of rotatable bonds is 4. The van der Waals surface area contributed by atoms with Gasteiger partial charge in [0.25, 0.3) is 0 Å². The van der Waals surface area contributed by atoms with E-state index in [-0.39, 0.29) is 11.9 Å². The first-order chi connectivity index (χ1) is 9.11. The summed E-state index contributed by atoms with van der Waals surface area (Å²) in [5, 5.41) is 10.4. The number of aryl methyl sites for hydroxylation is 1. The minimum Gasteiger partial charge on any atom is -0.386 e. The summed E-state index contributed by atoms with van der Waals surface area (Å²) in [5.74, 6) is -0.273. The molecule has 2 unspecified atom stereocenters. The van der Waals surface area contributed by atoms with Crippen molar-refractivity contribution in [2.24, 2.45) is 0 Å². The normalized spacial score (nSPS) is 22.4. The van der Waals surface area contributed by atoms with E-state index in [0.717, 1.165) is 37.2 Å². The van der Waals surface area contributed by atoms with Crippen LogP contribution in [0.1, 0.15) is 30.6 Å². The molecule has 0 aliphatic carbocycles. The lowest BCUT2D eigenvalue weighted by molar-refractivity contribution is -0.0900. The average molecular weight is 267 g/mol. The number of aliphatic hydroxyl groups excluding tert-OH is 1. The van der Waals surface area contributed by atoms with Crippen LogP contribution in [0.3, 0.4) is 0 Å². The maximum absolute atomic E-state index is 13.1. The molecule has 0 spiro atoms. The van der Waals surface area contributed by atoms with Crippen molar-refractivity contribution in [3.8, 4) is 0 Å². The molecule has 4 heteroatoms. The Labute approximate surface area is 114 Å². The van der Waals surface area contributed by atoms with Crippen LogP contribution < -0.4 is 0 Å². The summed E-state index contributed by atoms with van der Waals surface area (Å²) in [6, 6.07) is 4.49. The molecule has 2 atom stereocenters. The van der Waals surface area contributed by atoms with Crippen molar-refractivity contribution in [1.29, 1.82) is 0 Å². The van der Waals surface area contributed by atoms with E-state index in [4.69, 9.17) is 4.74 Å². The fraction of sp³-hybridized carbons (Fsp3) is 0.600. The number of aliphatic hydroxyl groups is 1. The number of morpholine rings is 1. The second-order valence-electron chi connectivity index (χ2n) is 5.16. The zero-order valence-electron chi connectivity index (χ0n) is 11.6. The lowest BCUT2D eigenvalue weighted by atomic mass is 9.98. The van der Waals surface area contributed by atoms with E-state index >= 15 is 0 Å². The maximum Gasteiger partial charge on any atom is 0.123 e. The van der Waals surface area contributed by atoms with Crippen LogP contribution in [0.4, 0.5) is 4.39 Å². The van der Waals surface area contributed by atoms with Gasteiger partial charge in [-0.15, -0.1) is 0 Å². The predicted octanol–water partition coefficient (Wildman–Crippen LogP) is 2.28. The van der Waals surface area contributed by atoms with Crippen LogP contribution in [0.5, 0.6) is 0 Å². The Morgan fingerprint density at radius 3 is 3.00 bits per heavy atom. The van der Waals surface area contributed by atoms with Gasteiger partial charge in [0.15, 0.2) is 0 Å². The summed E-state index contributed by atoms with van der Waals surface area (Å²) in [5.41, 5.74) is 1.52. The zero-order chi connectivity index (χ0) is 13.8. The third kappa shape index (κ3) is 3.53. The molecule has 0 bridgehead atoms. The van der Waals surface area contributed by atoms with E-state index < -0.39 is 6.10 Å². The first kappa shape index (κ1) is 14.4. The van der Waals surface area contributed by atoms with Gasteiger partial charge in [0.05, 0.1) is 6.61 Å². The monoisotopic (exact) mass is 267 g/mol. The van der Waals surface area contributed by atoms with Crippen LogP contribution in [0.15, 0.2) is 18.2 Å². The SMILES string of the molecule is CCCN1CCOC(C(O)c2ccc(F)cc2C)C1. The molecule has 3 nitrogen and oxygen atoms in total. The lowest BCUT2D eigenvalue weighted by Crippen LogP contribution is -2.45. The molecule has 1 heterocycles. The average Bonchev–Trinajstić information content (AvgIpc) is 2.39. The van der Waals surface area contributed by atoms with Crippen molar-refractivity contribution in [2.45, 2.75) is 32.5 Å². The summed E-state index contributed by atoms with van der Waals surface area (Å²) in [7, 11) is 0. The van der Waals surface area contributed by atoms with Crippen LogP contribution in [0.2, 0.25) is 0 Å². The lowest BCUT2D eigenvalue weighted by Gasteiger charge is -2.35. The van der Waals surface area contributed by atoms with Crippen molar-refractivity contribution in [3.63, 3.8) is 0 Å². The van der Waals surface area contributed by atoms with Crippen LogP contribution in [-0.2, 0) is 4.74 Å². The molecule has 1 fully saturated rings. The van der Waals surface area contributed by atoms with Gasteiger partial charge in [0, 0.05) is 13.1 Å². The van der Waals surface area contributed by atoms with Gasteiger partial charge in [-0.25, -0.2) is 4.39 Å². The molecular weight excluding hydrogens is 245 g/mol. The highest BCUT2D eigenvalue weighted by atomic mass is 19.1. The van der Waals surface area contributed by atoms with E-state index in [1.165, 1.54) is 12.1 Å². The minimum absolute atomic E-state index is 0.232. The third-order valence-corrected chi connectivity index (χ3v) is 3.62. The van der Waals surface area contributed by atoms with Crippen molar-refractivity contribution in [1.82, 2.24) is 4.90 Å². The Morgan fingerprint density at radius 2 is 2.32 bits per heavy atom. The Balaban J connectivity index is 2.07. The van der Waals surface area contributed by atoms with E-state index in [0.29, 0.717) is 6.61 Å². The summed E-state index contributed by atoms with van der Waals surface area (Å²) < 4.78 is 18.8. The highest BCUT2D eigenvalue weighted by Gasteiger charge is 2.28. The number of benzene rings is 1. The van der Waals surface area contributed by atoms with Gasteiger partial charge in [0.1, 0.15) is 18.0 Å². The second kappa shape index (κ2) is 6.46. The largest absolute Gasteiger partial charge is 0.386 e. The summed E-state index contributed by atoms with van der Waals surface area (Å²) >= 11 is 0. The number of ether oxygens (including phenoxy) is 1. The highest BCUT2D eigenvalue weighted by Crippen LogP contribution is 2.25. The van der Waals surface area contributed by atoms with Gasteiger partial charge >= 0.3 is 0 Å². The number of halogens is 1. The number of nitrogens with zero attached hydrogens (tertiary/aromatic N) is 1. The van der Waals surface area contributed by atoms with Crippen LogP contribution in [0.25, 0.3) is 0 Å². The summed E-state index contributed by atoms with van der Waals surface area (Å²) in [4.78, 5) is 2.30. The Morgan fingerprint density at radius 1 is 1.53 bits per heavy atom. The first-order valence-corrected chi connectivity index (χ1v) is 6.90. The quantitative estimate of drug-likeness (QED) is 0.908. The topological polar surface area (TPSA) is 32.7 Å². The van der Waals surface area contributed by atoms with Gasteiger partial charge in [-0.05, 0) is 43.1 Å². The van der Waals surface area contributed by atoms with Gasteiger partial charge in [-0.2, -0.15) is 0 Å². The molecule has 1 aromatic carbocycles. The maximum atomic E-state index is 13.1. The van der Waals surface area contributed by atoms with Crippen LogP contribution >= 0.6 is 0 Å². The molecule has 0 radical (unpaired) electrons. The van der Waals surface area contributed by atoms with Crippen molar-refractivity contribution in [3.05, 3.63) is 35.1 Å². The zero-order valence-corrected chi connectivity index (χ0v) is 11.6.